The van der Waals surface area contributed by atoms with Crippen LogP contribution >= 0.6 is 0 Å². The van der Waals surface area contributed by atoms with Crippen LogP contribution in [0.4, 0.5) is 0 Å². The first kappa shape index (κ1) is 14.5. The first-order chi connectivity index (χ1) is 10.1. The molecule has 2 aromatic rings. The van der Waals surface area contributed by atoms with Crippen LogP contribution in [0, 0.1) is 4.91 Å². The molecule has 0 saturated carbocycles. The van der Waals surface area contributed by atoms with Gasteiger partial charge >= 0.3 is 11.7 Å². The van der Waals surface area contributed by atoms with E-state index in [-0.39, 0.29) is 24.5 Å². The van der Waals surface area contributed by atoms with Crippen LogP contribution < -0.4 is 5.69 Å². The number of nitrogens with one attached hydrogen (secondary N) is 1. The fraction of sp³-hybridized carbons (Fsp3) is 0.231. The summed E-state index contributed by atoms with van der Waals surface area (Å²) in [6.07, 6.45) is -0.238. The molecule has 0 saturated heterocycles. The van der Waals surface area contributed by atoms with Crippen molar-refractivity contribution in [2.45, 2.75) is 13.0 Å². The Morgan fingerprint density at radius 2 is 2.05 bits per heavy atom. The van der Waals surface area contributed by atoms with Gasteiger partial charge in [-0.25, -0.2) is 9.36 Å². The number of carbonyl (C=O) groups excluding carboxylic acids is 1. The van der Waals surface area contributed by atoms with Crippen molar-refractivity contribution in [3.05, 3.63) is 50.9 Å². The van der Waals surface area contributed by atoms with Crippen LogP contribution in [0.3, 0.4) is 0 Å². The van der Waals surface area contributed by atoms with E-state index in [0.29, 0.717) is 11.3 Å². The number of H-pyrrole nitrogens is 1. The molecule has 0 amide bonds. The minimum Gasteiger partial charge on any atom is -0.493 e. The van der Waals surface area contributed by atoms with Crippen molar-refractivity contribution in [3.8, 4) is 11.6 Å². The predicted octanol–water partition coefficient (Wildman–Crippen LogP) is 0.853. The van der Waals surface area contributed by atoms with Gasteiger partial charge < -0.3 is 14.8 Å². The SMILES string of the molecule is COC(=O)Cc1[nH]c(=O)n(-c2ccc(CN=O)cc2)c1O. The van der Waals surface area contributed by atoms with E-state index >= 15 is 0 Å². The molecule has 8 nitrogen and oxygen atoms in total. The highest BCUT2D eigenvalue weighted by Gasteiger charge is 2.17. The van der Waals surface area contributed by atoms with Crippen LogP contribution in [0.1, 0.15) is 11.3 Å². The molecular weight excluding hydrogens is 278 g/mol. The zero-order valence-electron chi connectivity index (χ0n) is 11.2. The van der Waals surface area contributed by atoms with Crippen molar-refractivity contribution >= 4 is 5.97 Å². The molecule has 0 aliphatic rings. The summed E-state index contributed by atoms with van der Waals surface area (Å²) in [5, 5.41) is 12.8. The standard InChI is InChI=1S/C13H13N3O5/c1-21-11(17)6-10-12(18)16(13(19)15-10)9-4-2-8(3-5-9)7-14-20/h2-5,18H,6-7H2,1H3,(H,15,19). The number of aromatic amines is 1. The van der Waals surface area contributed by atoms with Crippen LogP contribution in [-0.4, -0.2) is 27.7 Å². The molecule has 1 aromatic heterocycles. The van der Waals surface area contributed by atoms with Crippen molar-refractivity contribution in [2.75, 3.05) is 7.11 Å². The summed E-state index contributed by atoms with van der Waals surface area (Å²) in [5.74, 6) is -0.933. The van der Waals surface area contributed by atoms with Gasteiger partial charge in [-0.1, -0.05) is 17.3 Å². The zero-order valence-corrected chi connectivity index (χ0v) is 11.2. The van der Waals surface area contributed by atoms with Gasteiger partial charge in [0.1, 0.15) is 6.54 Å². The lowest BCUT2D eigenvalue weighted by molar-refractivity contribution is -0.139. The molecule has 0 aliphatic heterocycles. The molecule has 110 valence electrons. The molecule has 1 aromatic carbocycles. The normalized spacial score (nSPS) is 10.3. The number of hydrogen-bond donors (Lipinski definition) is 2. The third-order valence-electron chi connectivity index (χ3n) is 2.93. The Morgan fingerprint density at radius 3 is 2.62 bits per heavy atom. The fourth-order valence-electron chi connectivity index (χ4n) is 1.88. The van der Waals surface area contributed by atoms with E-state index in [9.17, 15) is 19.6 Å². The average Bonchev–Trinajstić information content (AvgIpc) is 2.75. The molecule has 0 spiro atoms. The molecule has 0 aliphatic carbocycles. The van der Waals surface area contributed by atoms with Gasteiger partial charge in [0.25, 0.3) is 0 Å². The number of carbonyl (C=O) groups is 1. The molecule has 0 radical (unpaired) electrons. The van der Waals surface area contributed by atoms with Crippen LogP contribution in [0.15, 0.2) is 34.2 Å². The lowest BCUT2D eigenvalue weighted by atomic mass is 10.2. The Bertz CT molecular complexity index is 714. The van der Waals surface area contributed by atoms with E-state index in [4.69, 9.17) is 0 Å². The summed E-state index contributed by atoms with van der Waals surface area (Å²) in [6, 6.07) is 6.37. The second-order valence-electron chi connectivity index (χ2n) is 4.27. The predicted molar refractivity (Wildman–Crippen MR) is 73.3 cm³/mol. The van der Waals surface area contributed by atoms with Crippen molar-refractivity contribution < 1.29 is 14.6 Å². The number of ether oxygens (including phenoxy) is 1. The lowest BCUT2D eigenvalue weighted by Gasteiger charge is -2.04. The molecule has 0 unspecified atom stereocenters. The number of imidazole rings is 1. The average molecular weight is 291 g/mol. The first-order valence-electron chi connectivity index (χ1n) is 6.05. The second-order valence-corrected chi connectivity index (χ2v) is 4.27. The maximum absolute atomic E-state index is 11.9. The maximum atomic E-state index is 11.9. The van der Waals surface area contributed by atoms with Crippen LogP contribution in [0.25, 0.3) is 5.69 Å². The van der Waals surface area contributed by atoms with E-state index in [2.05, 4.69) is 14.9 Å². The highest BCUT2D eigenvalue weighted by atomic mass is 16.5. The molecular formula is C13H13N3O5. The molecule has 8 heteroatoms. The highest BCUT2D eigenvalue weighted by Crippen LogP contribution is 2.19. The smallest absolute Gasteiger partial charge is 0.333 e. The fourth-order valence-corrected chi connectivity index (χ4v) is 1.88. The molecule has 0 atom stereocenters. The molecule has 0 bridgehead atoms. The molecule has 1 heterocycles. The summed E-state index contributed by atoms with van der Waals surface area (Å²) in [6.45, 7) is 0.0297. The second kappa shape index (κ2) is 6.04. The van der Waals surface area contributed by atoms with Crippen molar-refractivity contribution in [3.63, 3.8) is 0 Å². The topological polar surface area (TPSA) is 114 Å². The summed E-state index contributed by atoms with van der Waals surface area (Å²) in [5.41, 5.74) is 0.587. The van der Waals surface area contributed by atoms with Crippen LogP contribution in [0.2, 0.25) is 0 Å². The van der Waals surface area contributed by atoms with Gasteiger partial charge in [0.15, 0.2) is 0 Å². The van der Waals surface area contributed by atoms with Crippen molar-refractivity contribution in [2.24, 2.45) is 5.18 Å². The van der Waals surface area contributed by atoms with Gasteiger partial charge in [-0.15, -0.1) is 0 Å². The third-order valence-corrected chi connectivity index (χ3v) is 2.93. The Kier molecular flexibility index (Phi) is 4.17. The van der Waals surface area contributed by atoms with Gasteiger partial charge in [0, 0.05) is 0 Å². The number of hydrogen-bond acceptors (Lipinski definition) is 6. The minimum absolute atomic E-state index is 0.0297. The molecule has 0 fully saturated rings. The molecule has 21 heavy (non-hydrogen) atoms. The number of methoxy groups -OCH3 is 1. The summed E-state index contributed by atoms with van der Waals surface area (Å²) < 4.78 is 5.51. The Morgan fingerprint density at radius 1 is 1.38 bits per heavy atom. The van der Waals surface area contributed by atoms with E-state index < -0.39 is 11.7 Å². The Balaban J connectivity index is 2.37. The number of aromatic nitrogens is 2. The van der Waals surface area contributed by atoms with Crippen molar-refractivity contribution in [1.29, 1.82) is 0 Å². The minimum atomic E-state index is -0.578. The Labute approximate surface area is 119 Å². The monoisotopic (exact) mass is 291 g/mol. The van der Waals surface area contributed by atoms with Gasteiger partial charge in [0.05, 0.1) is 24.9 Å². The number of rotatable bonds is 5. The summed E-state index contributed by atoms with van der Waals surface area (Å²) in [4.78, 5) is 35.7. The van der Waals surface area contributed by atoms with Crippen molar-refractivity contribution in [1.82, 2.24) is 9.55 Å². The lowest BCUT2D eigenvalue weighted by Crippen LogP contribution is -2.14. The number of nitroso groups, excluding NO2 is 1. The summed E-state index contributed by atoms with van der Waals surface area (Å²) in [7, 11) is 1.22. The van der Waals surface area contributed by atoms with Crippen LogP contribution in [0.5, 0.6) is 5.88 Å². The number of aromatic hydroxyl groups is 1. The van der Waals surface area contributed by atoms with Crippen LogP contribution in [-0.2, 0) is 22.5 Å². The van der Waals surface area contributed by atoms with E-state index in [0.717, 1.165) is 4.57 Å². The molecule has 2 rings (SSSR count). The maximum Gasteiger partial charge on any atom is 0.333 e. The number of esters is 1. The number of nitrogens with zero attached hydrogens (tertiary/aromatic N) is 2. The number of benzene rings is 1. The summed E-state index contributed by atoms with van der Waals surface area (Å²) >= 11 is 0. The van der Waals surface area contributed by atoms with E-state index in [1.54, 1.807) is 24.3 Å². The van der Waals surface area contributed by atoms with Gasteiger partial charge in [0.2, 0.25) is 5.88 Å². The van der Waals surface area contributed by atoms with Gasteiger partial charge in [-0.2, -0.15) is 4.91 Å². The largest absolute Gasteiger partial charge is 0.493 e. The third kappa shape index (κ3) is 2.99. The Hall–Kier alpha value is -2.90. The quantitative estimate of drug-likeness (QED) is 0.626. The zero-order chi connectivity index (χ0) is 15.4. The molecule has 2 N–H and O–H groups in total. The van der Waals surface area contributed by atoms with E-state index in [1.807, 2.05) is 0 Å². The van der Waals surface area contributed by atoms with E-state index in [1.165, 1.54) is 7.11 Å². The van der Waals surface area contributed by atoms with Gasteiger partial charge in [-0.05, 0) is 17.7 Å². The first-order valence-corrected chi connectivity index (χ1v) is 6.05. The highest BCUT2D eigenvalue weighted by molar-refractivity contribution is 5.72. The van der Waals surface area contributed by atoms with Gasteiger partial charge in [-0.3, -0.25) is 4.79 Å².